The van der Waals surface area contributed by atoms with Crippen molar-refractivity contribution in [2.75, 3.05) is 13.2 Å². The Kier molecular flexibility index (Phi) is 2.60. The molecule has 0 aromatic carbocycles. The minimum absolute atomic E-state index is 0.376. The molecule has 2 aromatic heterocycles. The van der Waals surface area contributed by atoms with E-state index in [9.17, 15) is 4.79 Å². The van der Waals surface area contributed by atoms with Crippen LogP contribution < -0.4 is 0 Å². The maximum Gasteiger partial charge on any atom is 0.160 e. The van der Waals surface area contributed by atoms with E-state index in [0.717, 1.165) is 43.8 Å². The zero-order chi connectivity index (χ0) is 11.7. The number of ether oxygens (including phenoxy) is 1. The molecule has 0 atom stereocenters. The fraction of sp³-hybridized carbons (Fsp3) is 0.417. The van der Waals surface area contributed by atoms with Gasteiger partial charge in [-0.25, -0.2) is 0 Å². The second-order valence-corrected chi connectivity index (χ2v) is 4.25. The van der Waals surface area contributed by atoms with E-state index in [1.807, 2.05) is 10.5 Å². The monoisotopic (exact) mass is 231 g/mol. The van der Waals surface area contributed by atoms with Crippen LogP contribution in [0.5, 0.6) is 0 Å². The minimum atomic E-state index is 0.376. The van der Waals surface area contributed by atoms with E-state index in [0.29, 0.717) is 11.5 Å². The Hall–Kier alpha value is -1.75. The Bertz CT molecular complexity index is 544. The van der Waals surface area contributed by atoms with Crippen molar-refractivity contribution in [2.45, 2.75) is 18.8 Å². The predicted octanol–water partition coefficient (Wildman–Crippen LogP) is 1.44. The number of aromatic nitrogens is 3. The van der Waals surface area contributed by atoms with Gasteiger partial charge in [0.1, 0.15) is 5.82 Å². The molecule has 5 nitrogen and oxygen atoms in total. The van der Waals surface area contributed by atoms with Crippen molar-refractivity contribution >= 4 is 11.9 Å². The second-order valence-electron chi connectivity index (χ2n) is 4.25. The van der Waals surface area contributed by atoms with Crippen molar-refractivity contribution in [3.05, 3.63) is 29.7 Å². The molecular weight excluding hydrogens is 218 g/mol. The van der Waals surface area contributed by atoms with Crippen LogP contribution in [-0.2, 0) is 4.74 Å². The first kappa shape index (κ1) is 10.4. The van der Waals surface area contributed by atoms with Gasteiger partial charge in [-0.1, -0.05) is 0 Å². The lowest BCUT2D eigenvalue weighted by Gasteiger charge is -2.20. The highest BCUT2D eigenvalue weighted by Gasteiger charge is 2.21. The largest absolute Gasteiger partial charge is 0.381 e. The Balaban J connectivity index is 2.05. The number of fused-ring (bicyclic) bond motifs is 1. The summed E-state index contributed by atoms with van der Waals surface area (Å²) in [5.41, 5.74) is 1.43. The van der Waals surface area contributed by atoms with Gasteiger partial charge in [0.05, 0.1) is 0 Å². The average Bonchev–Trinajstić information content (AvgIpc) is 2.82. The Morgan fingerprint density at radius 3 is 2.88 bits per heavy atom. The molecule has 1 saturated heterocycles. The fourth-order valence-electron chi connectivity index (χ4n) is 2.23. The lowest BCUT2D eigenvalue weighted by atomic mass is 9.99. The van der Waals surface area contributed by atoms with Gasteiger partial charge < -0.3 is 4.74 Å². The molecule has 0 spiro atoms. The van der Waals surface area contributed by atoms with E-state index in [2.05, 4.69) is 10.2 Å². The SMILES string of the molecule is O=Cc1ccc2nnc(C3CCOCC3)n2c1. The summed E-state index contributed by atoms with van der Waals surface area (Å²) < 4.78 is 7.26. The summed E-state index contributed by atoms with van der Waals surface area (Å²) in [5, 5.41) is 8.36. The normalized spacial score (nSPS) is 17.4. The number of nitrogens with zero attached hydrogens (tertiary/aromatic N) is 3. The summed E-state index contributed by atoms with van der Waals surface area (Å²) in [5.74, 6) is 1.31. The van der Waals surface area contributed by atoms with Gasteiger partial charge in [0, 0.05) is 30.9 Å². The Labute approximate surface area is 98.4 Å². The third-order valence-electron chi connectivity index (χ3n) is 3.17. The van der Waals surface area contributed by atoms with Gasteiger partial charge >= 0.3 is 0 Å². The zero-order valence-corrected chi connectivity index (χ0v) is 9.37. The van der Waals surface area contributed by atoms with E-state index in [1.54, 1.807) is 12.3 Å². The highest BCUT2D eigenvalue weighted by molar-refractivity contribution is 5.74. The zero-order valence-electron chi connectivity index (χ0n) is 9.37. The van der Waals surface area contributed by atoms with Crippen LogP contribution in [0.4, 0.5) is 0 Å². The first-order chi connectivity index (χ1) is 8.38. The van der Waals surface area contributed by atoms with Gasteiger partial charge in [-0.15, -0.1) is 10.2 Å². The Morgan fingerprint density at radius 2 is 2.12 bits per heavy atom. The van der Waals surface area contributed by atoms with E-state index in [4.69, 9.17) is 4.74 Å². The third kappa shape index (κ3) is 1.82. The molecule has 2 aromatic rings. The summed E-state index contributed by atoms with van der Waals surface area (Å²) in [6, 6.07) is 3.57. The van der Waals surface area contributed by atoms with Crippen LogP contribution in [0.15, 0.2) is 18.3 Å². The number of rotatable bonds is 2. The molecule has 88 valence electrons. The van der Waals surface area contributed by atoms with Gasteiger partial charge in [-0.05, 0) is 25.0 Å². The summed E-state index contributed by atoms with van der Waals surface area (Å²) in [4.78, 5) is 10.8. The lowest BCUT2D eigenvalue weighted by Crippen LogP contribution is -2.16. The molecule has 5 heteroatoms. The number of carbonyl (C=O) groups excluding carboxylic acids is 1. The fourth-order valence-corrected chi connectivity index (χ4v) is 2.23. The molecule has 1 aliphatic rings. The quantitative estimate of drug-likeness (QED) is 0.734. The van der Waals surface area contributed by atoms with Crippen molar-refractivity contribution in [1.82, 2.24) is 14.6 Å². The molecule has 0 unspecified atom stereocenters. The lowest BCUT2D eigenvalue weighted by molar-refractivity contribution is 0.0833. The molecule has 1 aliphatic heterocycles. The molecule has 0 radical (unpaired) electrons. The number of hydrogen-bond acceptors (Lipinski definition) is 4. The molecule has 3 rings (SSSR count). The van der Waals surface area contributed by atoms with Crippen LogP contribution in [-0.4, -0.2) is 34.1 Å². The summed E-state index contributed by atoms with van der Waals surface area (Å²) >= 11 is 0. The molecule has 17 heavy (non-hydrogen) atoms. The number of aldehydes is 1. The molecule has 0 N–H and O–H groups in total. The minimum Gasteiger partial charge on any atom is -0.381 e. The van der Waals surface area contributed by atoms with Gasteiger partial charge in [0.15, 0.2) is 11.9 Å². The van der Waals surface area contributed by atoms with Gasteiger partial charge in [0.2, 0.25) is 0 Å². The first-order valence-electron chi connectivity index (χ1n) is 5.76. The standard InChI is InChI=1S/C12H13N3O2/c16-8-9-1-2-11-13-14-12(15(11)7-9)10-3-5-17-6-4-10/h1-2,7-8,10H,3-6H2. The summed E-state index contributed by atoms with van der Waals surface area (Å²) in [7, 11) is 0. The predicted molar refractivity (Wildman–Crippen MR) is 61.2 cm³/mol. The topological polar surface area (TPSA) is 56.5 Å². The average molecular weight is 231 g/mol. The van der Waals surface area contributed by atoms with Crippen LogP contribution >= 0.6 is 0 Å². The highest BCUT2D eigenvalue weighted by atomic mass is 16.5. The van der Waals surface area contributed by atoms with Crippen LogP contribution in [0, 0.1) is 0 Å². The van der Waals surface area contributed by atoms with Gasteiger partial charge in [0.25, 0.3) is 0 Å². The van der Waals surface area contributed by atoms with Crippen LogP contribution in [0.3, 0.4) is 0 Å². The number of carbonyl (C=O) groups is 1. The first-order valence-corrected chi connectivity index (χ1v) is 5.76. The molecule has 1 fully saturated rings. The summed E-state index contributed by atoms with van der Waals surface area (Å²) in [6.07, 6.45) is 4.57. The highest BCUT2D eigenvalue weighted by Crippen LogP contribution is 2.25. The van der Waals surface area contributed by atoms with Crippen LogP contribution in [0.25, 0.3) is 5.65 Å². The van der Waals surface area contributed by atoms with Crippen molar-refractivity contribution < 1.29 is 9.53 Å². The Morgan fingerprint density at radius 1 is 1.29 bits per heavy atom. The van der Waals surface area contributed by atoms with Gasteiger partial charge in [-0.3, -0.25) is 9.20 Å². The van der Waals surface area contributed by atoms with E-state index >= 15 is 0 Å². The summed E-state index contributed by atoms with van der Waals surface area (Å²) in [6.45, 7) is 1.54. The van der Waals surface area contributed by atoms with E-state index < -0.39 is 0 Å². The molecule has 0 amide bonds. The molecule has 0 aliphatic carbocycles. The molecule has 0 saturated carbocycles. The van der Waals surface area contributed by atoms with E-state index in [-0.39, 0.29) is 0 Å². The van der Waals surface area contributed by atoms with Crippen LogP contribution in [0.2, 0.25) is 0 Å². The van der Waals surface area contributed by atoms with Crippen molar-refractivity contribution in [2.24, 2.45) is 0 Å². The molecule has 0 bridgehead atoms. The van der Waals surface area contributed by atoms with Crippen LogP contribution in [0.1, 0.15) is 34.9 Å². The van der Waals surface area contributed by atoms with Crippen molar-refractivity contribution in [3.63, 3.8) is 0 Å². The maximum atomic E-state index is 10.8. The maximum absolute atomic E-state index is 10.8. The number of pyridine rings is 1. The molecule has 3 heterocycles. The number of hydrogen-bond donors (Lipinski definition) is 0. The van der Waals surface area contributed by atoms with Crippen molar-refractivity contribution in [1.29, 1.82) is 0 Å². The van der Waals surface area contributed by atoms with Crippen molar-refractivity contribution in [3.8, 4) is 0 Å². The molecular formula is C12H13N3O2. The second kappa shape index (κ2) is 4.25. The smallest absolute Gasteiger partial charge is 0.160 e. The third-order valence-corrected chi connectivity index (χ3v) is 3.17. The van der Waals surface area contributed by atoms with E-state index in [1.165, 1.54) is 0 Å². The van der Waals surface area contributed by atoms with Gasteiger partial charge in [-0.2, -0.15) is 0 Å².